The molecule has 0 unspecified atom stereocenters. The zero-order valence-electron chi connectivity index (χ0n) is 10.4. The third-order valence-electron chi connectivity index (χ3n) is 3.83. The molecule has 3 atom stereocenters. The number of amides is 1. The molecule has 1 aliphatic heterocycles. The molecule has 5 nitrogen and oxygen atoms in total. The summed E-state index contributed by atoms with van der Waals surface area (Å²) in [6.07, 6.45) is 3.49. The summed E-state index contributed by atoms with van der Waals surface area (Å²) in [6.45, 7) is 1.19. The average Bonchev–Trinajstić information content (AvgIpc) is 3.06. The van der Waals surface area contributed by atoms with Gasteiger partial charge in [-0.05, 0) is 25.0 Å². The Hall–Kier alpha value is -1.33. The Morgan fingerprint density at radius 3 is 3.11 bits per heavy atom. The van der Waals surface area contributed by atoms with Crippen molar-refractivity contribution in [3.63, 3.8) is 0 Å². The number of ether oxygens (including phenoxy) is 2. The molecular weight excluding hydrogens is 234 g/mol. The fraction of sp³-hybridized carbons (Fsp3) is 0.615. The minimum Gasteiger partial charge on any atom is -0.459 e. The molecule has 5 heteroatoms. The largest absolute Gasteiger partial charge is 0.459 e. The lowest BCUT2D eigenvalue weighted by Crippen LogP contribution is -2.53. The van der Waals surface area contributed by atoms with Gasteiger partial charge in [-0.15, -0.1) is 0 Å². The van der Waals surface area contributed by atoms with Crippen molar-refractivity contribution in [2.24, 2.45) is 0 Å². The molecule has 18 heavy (non-hydrogen) atoms. The SMILES string of the molecule is CO[C@@H]1CC[C@H]2[C@H]1OCCN2C(=O)c1ccco1. The first-order valence-electron chi connectivity index (χ1n) is 6.30. The maximum Gasteiger partial charge on any atom is 0.289 e. The maximum absolute atomic E-state index is 12.3. The number of rotatable bonds is 2. The number of fused-ring (bicyclic) bond motifs is 1. The highest BCUT2D eigenvalue weighted by Gasteiger charge is 2.45. The van der Waals surface area contributed by atoms with Crippen LogP contribution in [-0.2, 0) is 9.47 Å². The lowest BCUT2D eigenvalue weighted by atomic mass is 10.1. The third kappa shape index (κ3) is 1.83. The van der Waals surface area contributed by atoms with Gasteiger partial charge in [0, 0.05) is 13.7 Å². The molecule has 3 rings (SSSR count). The number of furan rings is 1. The Kier molecular flexibility index (Phi) is 3.09. The van der Waals surface area contributed by atoms with E-state index in [-0.39, 0.29) is 24.2 Å². The van der Waals surface area contributed by atoms with E-state index in [0.717, 1.165) is 12.8 Å². The van der Waals surface area contributed by atoms with Crippen LogP contribution in [0, 0.1) is 0 Å². The highest BCUT2D eigenvalue weighted by Crippen LogP contribution is 2.32. The van der Waals surface area contributed by atoms with Crippen molar-refractivity contribution >= 4 is 5.91 Å². The molecule has 1 amide bonds. The molecule has 1 aliphatic carbocycles. The Labute approximate surface area is 106 Å². The van der Waals surface area contributed by atoms with Crippen LogP contribution in [0.3, 0.4) is 0 Å². The van der Waals surface area contributed by atoms with E-state index in [1.807, 2.05) is 4.90 Å². The molecule has 1 saturated carbocycles. The first-order chi connectivity index (χ1) is 8.81. The summed E-state index contributed by atoms with van der Waals surface area (Å²) < 4.78 is 16.4. The van der Waals surface area contributed by atoms with Crippen molar-refractivity contribution in [3.8, 4) is 0 Å². The van der Waals surface area contributed by atoms with Gasteiger partial charge in [0.15, 0.2) is 5.76 Å². The van der Waals surface area contributed by atoms with E-state index in [2.05, 4.69) is 0 Å². The molecule has 2 heterocycles. The summed E-state index contributed by atoms with van der Waals surface area (Å²) in [5.74, 6) is 0.353. The standard InChI is InChI=1S/C13H17NO4/c1-16-10-5-4-9-12(10)18-8-6-14(9)13(15)11-3-2-7-17-11/h2-3,7,9-10,12H,4-6,8H2,1H3/t9-,10+,12+/m0/s1. The van der Waals surface area contributed by atoms with Gasteiger partial charge in [0.2, 0.25) is 0 Å². The van der Waals surface area contributed by atoms with Crippen molar-refractivity contribution in [2.75, 3.05) is 20.3 Å². The predicted molar refractivity (Wildman–Crippen MR) is 63.3 cm³/mol. The van der Waals surface area contributed by atoms with Gasteiger partial charge in [0.1, 0.15) is 6.10 Å². The topological polar surface area (TPSA) is 51.9 Å². The summed E-state index contributed by atoms with van der Waals surface area (Å²) in [5, 5.41) is 0. The van der Waals surface area contributed by atoms with Gasteiger partial charge in [-0.25, -0.2) is 0 Å². The van der Waals surface area contributed by atoms with Crippen LogP contribution >= 0.6 is 0 Å². The molecule has 0 bridgehead atoms. The van der Waals surface area contributed by atoms with E-state index in [9.17, 15) is 4.79 Å². The minimum atomic E-state index is -0.0462. The predicted octanol–water partition coefficient (Wildman–Crippen LogP) is 1.30. The quantitative estimate of drug-likeness (QED) is 0.795. The molecule has 0 spiro atoms. The zero-order chi connectivity index (χ0) is 12.5. The van der Waals surface area contributed by atoms with Crippen molar-refractivity contribution in [2.45, 2.75) is 31.1 Å². The van der Waals surface area contributed by atoms with Crippen LogP contribution in [0.25, 0.3) is 0 Å². The van der Waals surface area contributed by atoms with Gasteiger partial charge in [-0.2, -0.15) is 0 Å². The van der Waals surface area contributed by atoms with Crippen molar-refractivity contribution in [1.82, 2.24) is 4.90 Å². The minimum absolute atomic E-state index is 0.00247. The van der Waals surface area contributed by atoms with Crippen LogP contribution in [-0.4, -0.2) is 49.3 Å². The molecule has 0 N–H and O–H groups in total. The van der Waals surface area contributed by atoms with Gasteiger partial charge >= 0.3 is 0 Å². The molecule has 0 aromatic carbocycles. The lowest BCUT2D eigenvalue weighted by molar-refractivity contribution is -0.0950. The first kappa shape index (κ1) is 11.7. The highest BCUT2D eigenvalue weighted by atomic mass is 16.5. The molecule has 1 aromatic rings. The smallest absolute Gasteiger partial charge is 0.289 e. The molecular formula is C13H17NO4. The number of nitrogens with zero attached hydrogens (tertiary/aromatic N) is 1. The summed E-state index contributed by atoms with van der Waals surface area (Å²) in [6, 6.07) is 3.55. The van der Waals surface area contributed by atoms with Crippen LogP contribution in [0.2, 0.25) is 0 Å². The lowest BCUT2D eigenvalue weighted by Gasteiger charge is -2.38. The number of carbonyl (C=O) groups excluding carboxylic acids is 1. The number of hydrogen-bond donors (Lipinski definition) is 0. The molecule has 98 valence electrons. The Balaban J connectivity index is 1.79. The van der Waals surface area contributed by atoms with E-state index in [1.165, 1.54) is 6.26 Å². The molecule has 0 radical (unpaired) electrons. The molecule has 2 fully saturated rings. The van der Waals surface area contributed by atoms with Gasteiger partial charge in [0.25, 0.3) is 5.91 Å². The number of methoxy groups -OCH3 is 1. The van der Waals surface area contributed by atoms with Crippen LogP contribution in [0.15, 0.2) is 22.8 Å². The van der Waals surface area contributed by atoms with Crippen LogP contribution in [0.5, 0.6) is 0 Å². The molecule has 1 aromatic heterocycles. The van der Waals surface area contributed by atoms with Gasteiger partial charge in [-0.3, -0.25) is 4.79 Å². The van der Waals surface area contributed by atoms with Gasteiger partial charge < -0.3 is 18.8 Å². The summed E-state index contributed by atoms with van der Waals surface area (Å²) in [7, 11) is 1.70. The van der Waals surface area contributed by atoms with Crippen LogP contribution < -0.4 is 0 Å². The van der Waals surface area contributed by atoms with Crippen molar-refractivity contribution in [3.05, 3.63) is 24.2 Å². The van der Waals surface area contributed by atoms with E-state index >= 15 is 0 Å². The summed E-state index contributed by atoms with van der Waals surface area (Å²) in [5.41, 5.74) is 0. The van der Waals surface area contributed by atoms with Crippen LogP contribution in [0.4, 0.5) is 0 Å². The second-order valence-corrected chi connectivity index (χ2v) is 4.73. The number of morpholine rings is 1. The van der Waals surface area contributed by atoms with Gasteiger partial charge in [-0.1, -0.05) is 0 Å². The fourth-order valence-corrected chi connectivity index (χ4v) is 2.96. The second kappa shape index (κ2) is 4.74. The summed E-state index contributed by atoms with van der Waals surface area (Å²) in [4.78, 5) is 14.2. The number of carbonyl (C=O) groups is 1. The van der Waals surface area contributed by atoms with Crippen molar-refractivity contribution < 1.29 is 18.7 Å². The normalized spacial score (nSPS) is 31.4. The van der Waals surface area contributed by atoms with E-state index in [4.69, 9.17) is 13.9 Å². The van der Waals surface area contributed by atoms with Crippen LogP contribution in [0.1, 0.15) is 23.4 Å². The Morgan fingerprint density at radius 2 is 2.39 bits per heavy atom. The monoisotopic (exact) mass is 251 g/mol. The fourth-order valence-electron chi connectivity index (χ4n) is 2.96. The van der Waals surface area contributed by atoms with E-state index in [0.29, 0.717) is 18.9 Å². The first-order valence-corrected chi connectivity index (χ1v) is 6.30. The average molecular weight is 251 g/mol. The summed E-state index contributed by atoms with van der Waals surface area (Å²) >= 11 is 0. The zero-order valence-corrected chi connectivity index (χ0v) is 10.4. The Bertz CT molecular complexity index is 417. The van der Waals surface area contributed by atoms with E-state index in [1.54, 1.807) is 19.2 Å². The van der Waals surface area contributed by atoms with Crippen molar-refractivity contribution in [1.29, 1.82) is 0 Å². The van der Waals surface area contributed by atoms with Gasteiger partial charge in [0.05, 0.1) is 25.0 Å². The maximum atomic E-state index is 12.3. The molecule has 2 aliphatic rings. The number of hydrogen-bond acceptors (Lipinski definition) is 4. The third-order valence-corrected chi connectivity index (χ3v) is 3.83. The second-order valence-electron chi connectivity index (χ2n) is 4.73. The Morgan fingerprint density at radius 1 is 1.50 bits per heavy atom. The highest BCUT2D eigenvalue weighted by molar-refractivity contribution is 5.91. The van der Waals surface area contributed by atoms with E-state index < -0.39 is 0 Å². The molecule has 1 saturated heterocycles.